The summed E-state index contributed by atoms with van der Waals surface area (Å²) in [4.78, 5) is 22.9. The molecule has 1 heterocycles. The van der Waals surface area contributed by atoms with E-state index < -0.39 is 6.04 Å². The number of ether oxygens (including phenoxy) is 1. The molecule has 2 fully saturated rings. The van der Waals surface area contributed by atoms with Crippen molar-refractivity contribution in [2.45, 2.75) is 63.8 Å². The minimum absolute atomic E-state index is 0.00494. The van der Waals surface area contributed by atoms with E-state index in [0.29, 0.717) is 19.4 Å². The van der Waals surface area contributed by atoms with Crippen LogP contribution in [0.5, 0.6) is 0 Å². The van der Waals surface area contributed by atoms with E-state index in [1.54, 1.807) is 0 Å². The van der Waals surface area contributed by atoms with Crippen LogP contribution in [0, 0.1) is 5.92 Å². The molecule has 0 radical (unpaired) electrons. The van der Waals surface area contributed by atoms with E-state index in [0.717, 1.165) is 18.8 Å². The average molecular weight is 253 g/mol. The molecule has 0 aromatic heterocycles. The SMILES string of the molecule is O=C(CCCC1CCCCC1)NC1CCOC1=O. The fourth-order valence-electron chi connectivity index (χ4n) is 2.92. The van der Waals surface area contributed by atoms with Crippen LogP contribution in [0.25, 0.3) is 0 Å². The van der Waals surface area contributed by atoms with Gasteiger partial charge in [-0.2, -0.15) is 0 Å². The molecule has 1 N–H and O–H groups in total. The van der Waals surface area contributed by atoms with E-state index in [1.165, 1.54) is 32.1 Å². The number of carbonyl (C=O) groups is 2. The number of amides is 1. The summed E-state index contributed by atoms with van der Waals surface area (Å²) in [6.45, 7) is 0.436. The van der Waals surface area contributed by atoms with Gasteiger partial charge in [-0.05, 0) is 18.8 Å². The minimum atomic E-state index is -0.396. The van der Waals surface area contributed by atoms with Crippen LogP contribution in [0.4, 0.5) is 0 Å². The summed E-state index contributed by atoms with van der Waals surface area (Å²) < 4.78 is 4.81. The third-order valence-electron chi connectivity index (χ3n) is 4.01. The van der Waals surface area contributed by atoms with Crippen molar-refractivity contribution < 1.29 is 14.3 Å². The van der Waals surface area contributed by atoms with Gasteiger partial charge in [0.05, 0.1) is 6.61 Å². The van der Waals surface area contributed by atoms with Crippen molar-refractivity contribution in [3.8, 4) is 0 Å². The molecular weight excluding hydrogens is 230 g/mol. The molecule has 2 rings (SSSR count). The van der Waals surface area contributed by atoms with Gasteiger partial charge in [-0.3, -0.25) is 4.79 Å². The molecule has 0 aromatic carbocycles. The largest absolute Gasteiger partial charge is 0.464 e. The molecule has 1 saturated carbocycles. The third-order valence-corrected chi connectivity index (χ3v) is 4.01. The van der Waals surface area contributed by atoms with Gasteiger partial charge in [-0.25, -0.2) is 4.79 Å². The zero-order chi connectivity index (χ0) is 12.8. The van der Waals surface area contributed by atoms with E-state index >= 15 is 0 Å². The first-order valence-electron chi connectivity index (χ1n) is 7.21. The summed E-state index contributed by atoms with van der Waals surface area (Å²) in [5, 5.41) is 2.75. The Bertz CT molecular complexity index is 297. The Morgan fingerprint density at radius 3 is 2.67 bits per heavy atom. The standard InChI is InChI=1S/C14H23NO3/c16-13(15-12-9-10-18-14(12)17)8-4-7-11-5-2-1-3-6-11/h11-12H,1-10H2,(H,15,16). The molecule has 1 amide bonds. The smallest absolute Gasteiger partial charge is 0.328 e. The van der Waals surface area contributed by atoms with Crippen LogP contribution in [0.15, 0.2) is 0 Å². The average Bonchev–Trinajstić information content (AvgIpc) is 2.76. The monoisotopic (exact) mass is 253 g/mol. The van der Waals surface area contributed by atoms with Crippen molar-refractivity contribution in [2.75, 3.05) is 6.61 Å². The highest BCUT2D eigenvalue weighted by atomic mass is 16.5. The van der Waals surface area contributed by atoms with Gasteiger partial charge in [0.2, 0.25) is 5.91 Å². The van der Waals surface area contributed by atoms with E-state index in [9.17, 15) is 9.59 Å². The Hall–Kier alpha value is -1.06. The highest BCUT2D eigenvalue weighted by Gasteiger charge is 2.27. The molecule has 1 atom stereocenters. The summed E-state index contributed by atoms with van der Waals surface area (Å²) in [5.74, 6) is 0.535. The quantitative estimate of drug-likeness (QED) is 0.764. The number of hydrogen-bond acceptors (Lipinski definition) is 3. The zero-order valence-corrected chi connectivity index (χ0v) is 11.0. The van der Waals surface area contributed by atoms with Crippen LogP contribution in [-0.2, 0) is 14.3 Å². The van der Waals surface area contributed by atoms with Gasteiger partial charge < -0.3 is 10.1 Å². The fraction of sp³-hybridized carbons (Fsp3) is 0.857. The topological polar surface area (TPSA) is 55.4 Å². The number of cyclic esters (lactones) is 1. The molecule has 4 nitrogen and oxygen atoms in total. The number of nitrogens with one attached hydrogen (secondary N) is 1. The molecule has 2 aliphatic rings. The van der Waals surface area contributed by atoms with Crippen LogP contribution in [0.1, 0.15) is 57.8 Å². The lowest BCUT2D eigenvalue weighted by molar-refractivity contribution is -0.141. The predicted octanol–water partition coefficient (Wildman–Crippen LogP) is 2.17. The molecule has 0 aromatic rings. The van der Waals surface area contributed by atoms with Gasteiger partial charge in [0.15, 0.2) is 0 Å². The van der Waals surface area contributed by atoms with Crippen molar-refractivity contribution in [3.05, 3.63) is 0 Å². The molecule has 102 valence electrons. The molecule has 18 heavy (non-hydrogen) atoms. The lowest BCUT2D eigenvalue weighted by Crippen LogP contribution is -2.37. The molecule has 1 unspecified atom stereocenters. The molecule has 0 spiro atoms. The van der Waals surface area contributed by atoms with Crippen molar-refractivity contribution in [1.29, 1.82) is 0 Å². The van der Waals surface area contributed by atoms with E-state index in [-0.39, 0.29) is 11.9 Å². The van der Waals surface area contributed by atoms with Crippen molar-refractivity contribution in [3.63, 3.8) is 0 Å². The maximum Gasteiger partial charge on any atom is 0.328 e. The second kappa shape index (κ2) is 6.76. The normalized spacial score (nSPS) is 24.9. The molecule has 4 heteroatoms. The Labute approximate surface area is 108 Å². The van der Waals surface area contributed by atoms with E-state index in [4.69, 9.17) is 4.74 Å². The van der Waals surface area contributed by atoms with Crippen LogP contribution < -0.4 is 5.32 Å². The predicted molar refractivity (Wildman–Crippen MR) is 67.9 cm³/mol. The number of esters is 1. The zero-order valence-electron chi connectivity index (χ0n) is 11.0. The molecule has 1 aliphatic carbocycles. The Morgan fingerprint density at radius 1 is 1.22 bits per heavy atom. The van der Waals surface area contributed by atoms with Crippen LogP contribution in [0.3, 0.4) is 0 Å². The Morgan fingerprint density at radius 2 is 2.00 bits per heavy atom. The minimum Gasteiger partial charge on any atom is -0.464 e. The van der Waals surface area contributed by atoms with Gasteiger partial charge in [-0.1, -0.05) is 32.1 Å². The molecular formula is C14H23NO3. The summed E-state index contributed by atoms with van der Waals surface area (Å²) in [7, 11) is 0. The van der Waals surface area contributed by atoms with Crippen LogP contribution in [0.2, 0.25) is 0 Å². The van der Waals surface area contributed by atoms with Crippen molar-refractivity contribution >= 4 is 11.9 Å². The molecule has 1 saturated heterocycles. The van der Waals surface area contributed by atoms with Gasteiger partial charge >= 0.3 is 5.97 Å². The Kier molecular flexibility index (Phi) is 5.02. The van der Waals surface area contributed by atoms with Gasteiger partial charge in [0.1, 0.15) is 6.04 Å². The highest BCUT2D eigenvalue weighted by Crippen LogP contribution is 2.27. The summed E-state index contributed by atoms with van der Waals surface area (Å²) in [6, 6.07) is -0.396. The first kappa shape index (κ1) is 13.4. The lowest BCUT2D eigenvalue weighted by Gasteiger charge is -2.21. The van der Waals surface area contributed by atoms with Crippen molar-refractivity contribution in [1.82, 2.24) is 5.32 Å². The van der Waals surface area contributed by atoms with Crippen LogP contribution >= 0.6 is 0 Å². The highest BCUT2D eigenvalue weighted by molar-refractivity contribution is 5.85. The number of rotatable bonds is 5. The first-order chi connectivity index (χ1) is 8.75. The lowest BCUT2D eigenvalue weighted by atomic mass is 9.86. The summed E-state index contributed by atoms with van der Waals surface area (Å²) >= 11 is 0. The van der Waals surface area contributed by atoms with Crippen molar-refractivity contribution in [2.24, 2.45) is 5.92 Å². The maximum absolute atomic E-state index is 11.7. The van der Waals surface area contributed by atoms with Gasteiger partial charge in [-0.15, -0.1) is 0 Å². The molecule has 0 bridgehead atoms. The first-order valence-corrected chi connectivity index (χ1v) is 7.21. The van der Waals surface area contributed by atoms with Gasteiger partial charge in [0, 0.05) is 12.8 Å². The number of hydrogen-bond donors (Lipinski definition) is 1. The van der Waals surface area contributed by atoms with Gasteiger partial charge in [0.25, 0.3) is 0 Å². The molecule has 1 aliphatic heterocycles. The number of carbonyl (C=O) groups excluding carboxylic acids is 2. The second-order valence-electron chi connectivity index (χ2n) is 5.47. The summed E-state index contributed by atoms with van der Waals surface area (Å²) in [6.07, 6.45) is 10.00. The second-order valence-corrected chi connectivity index (χ2v) is 5.47. The van der Waals surface area contributed by atoms with E-state index in [1.807, 2.05) is 0 Å². The summed E-state index contributed by atoms with van der Waals surface area (Å²) in [5.41, 5.74) is 0. The Balaban J connectivity index is 1.58. The third kappa shape index (κ3) is 4.00. The maximum atomic E-state index is 11.7. The van der Waals surface area contributed by atoms with E-state index in [2.05, 4.69) is 5.32 Å². The fourth-order valence-corrected chi connectivity index (χ4v) is 2.92. The van der Waals surface area contributed by atoms with Crippen LogP contribution in [-0.4, -0.2) is 24.5 Å².